The van der Waals surface area contributed by atoms with Gasteiger partial charge in [-0.05, 0) is 5.41 Å². The molecule has 1 aliphatic rings. The van der Waals surface area contributed by atoms with Gasteiger partial charge in [-0.2, -0.15) is 0 Å². The molecule has 0 radical (unpaired) electrons. The third-order valence-electron chi connectivity index (χ3n) is 2.41. The van der Waals surface area contributed by atoms with Gasteiger partial charge in [0, 0.05) is 19.5 Å². The molecule has 1 atom stereocenters. The van der Waals surface area contributed by atoms with Crippen LogP contribution in [0.5, 0.6) is 0 Å². The molecular weight excluding hydrogens is 194 g/mol. The molecule has 1 saturated heterocycles. The Morgan fingerprint density at radius 1 is 1.53 bits per heavy atom. The van der Waals surface area contributed by atoms with Gasteiger partial charge in [0.25, 0.3) is 0 Å². The minimum absolute atomic E-state index is 0.0559. The van der Waals surface area contributed by atoms with Crippen LogP contribution in [-0.2, 0) is 14.3 Å². The number of carbonyl (C=O) groups excluding carboxylic acids is 2. The van der Waals surface area contributed by atoms with Crippen LogP contribution >= 0.6 is 0 Å². The zero-order valence-corrected chi connectivity index (χ0v) is 9.87. The van der Waals surface area contributed by atoms with Gasteiger partial charge in [-0.1, -0.05) is 20.8 Å². The van der Waals surface area contributed by atoms with Crippen molar-refractivity contribution < 1.29 is 14.3 Å². The summed E-state index contributed by atoms with van der Waals surface area (Å²) in [6.45, 7) is 7.42. The first-order chi connectivity index (χ1) is 6.83. The van der Waals surface area contributed by atoms with Gasteiger partial charge in [-0.25, -0.2) is 0 Å². The Labute approximate surface area is 90.6 Å². The first kappa shape index (κ1) is 12.0. The van der Waals surface area contributed by atoms with E-state index in [-0.39, 0.29) is 23.2 Å². The molecule has 1 aliphatic heterocycles. The molecule has 0 aliphatic carbocycles. The van der Waals surface area contributed by atoms with Crippen molar-refractivity contribution in [2.75, 3.05) is 20.2 Å². The van der Waals surface area contributed by atoms with Crippen molar-refractivity contribution in [2.45, 2.75) is 27.2 Å². The summed E-state index contributed by atoms with van der Waals surface area (Å²) in [4.78, 5) is 24.6. The topological polar surface area (TPSA) is 46.6 Å². The number of hydrogen-bond donors (Lipinski definition) is 0. The van der Waals surface area contributed by atoms with E-state index in [0.717, 1.165) is 0 Å². The molecule has 1 amide bonds. The number of ether oxygens (including phenoxy) is 1. The summed E-state index contributed by atoms with van der Waals surface area (Å²) in [5.41, 5.74) is 0.0701. The Kier molecular flexibility index (Phi) is 3.37. The largest absolute Gasteiger partial charge is 0.469 e. The highest BCUT2D eigenvalue weighted by atomic mass is 16.5. The van der Waals surface area contributed by atoms with Crippen LogP contribution in [-0.4, -0.2) is 37.0 Å². The van der Waals surface area contributed by atoms with Gasteiger partial charge < -0.3 is 9.64 Å². The highest BCUT2D eigenvalue weighted by Crippen LogP contribution is 2.23. The highest BCUT2D eigenvalue weighted by molar-refractivity contribution is 5.86. The minimum atomic E-state index is -0.278. The molecule has 1 rings (SSSR count). The molecule has 4 nitrogen and oxygen atoms in total. The molecule has 15 heavy (non-hydrogen) atoms. The number of amides is 1. The highest BCUT2D eigenvalue weighted by Gasteiger charge is 2.36. The van der Waals surface area contributed by atoms with Gasteiger partial charge in [0.05, 0.1) is 13.0 Å². The van der Waals surface area contributed by atoms with E-state index in [1.54, 1.807) is 4.90 Å². The average Bonchev–Trinajstić information content (AvgIpc) is 2.44. The summed E-state index contributed by atoms with van der Waals surface area (Å²) >= 11 is 0. The SMILES string of the molecule is COC(=O)C1CC(=O)N(CC(C)(C)C)C1. The number of carbonyl (C=O) groups is 2. The van der Waals surface area contributed by atoms with E-state index in [1.165, 1.54) is 7.11 Å². The zero-order valence-electron chi connectivity index (χ0n) is 9.87. The summed E-state index contributed by atoms with van der Waals surface area (Å²) in [5.74, 6) is -0.495. The van der Waals surface area contributed by atoms with E-state index in [2.05, 4.69) is 25.5 Å². The lowest BCUT2D eigenvalue weighted by Gasteiger charge is -2.26. The van der Waals surface area contributed by atoms with E-state index in [4.69, 9.17) is 0 Å². The van der Waals surface area contributed by atoms with E-state index in [0.29, 0.717) is 19.5 Å². The quantitative estimate of drug-likeness (QED) is 0.644. The van der Waals surface area contributed by atoms with Crippen molar-refractivity contribution in [3.05, 3.63) is 0 Å². The zero-order chi connectivity index (χ0) is 11.6. The van der Waals surface area contributed by atoms with Crippen LogP contribution in [0.1, 0.15) is 27.2 Å². The van der Waals surface area contributed by atoms with Gasteiger partial charge in [-0.3, -0.25) is 9.59 Å². The van der Waals surface area contributed by atoms with E-state index >= 15 is 0 Å². The van der Waals surface area contributed by atoms with Gasteiger partial charge in [0.2, 0.25) is 5.91 Å². The first-order valence-corrected chi connectivity index (χ1v) is 5.19. The van der Waals surface area contributed by atoms with E-state index in [9.17, 15) is 9.59 Å². The molecule has 1 heterocycles. The maximum Gasteiger partial charge on any atom is 0.310 e. The van der Waals surface area contributed by atoms with Gasteiger partial charge in [-0.15, -0.1) is 0 Å². The van der Waals surface area contributed by atoms with Gasteiger partial charge in [0.15, 0.2) is 0 Å². The summed E-state index contributed by atoms with van der Waals surface area (Å²) in [5, 5.41) is 0. The van der Waals surface area contributed by atoms with Crippen molar-refractivity contribution in [1.82, 2.24) is 4.90 Å². The number of rotatable bonds is 2. The standard InChI is InChI=1S/C11H19NO3/c1-11(2,3)7-12-6-8(5-9(12)13)10(14)15-4/h8H,5-7H2,1-4H3. The molecule has 1 unspecified atom stereocenters. The van der Waals surface area contributed by atoms with E-state index in [1.807, 2.05) is 0 Å². The summed E-state index contributed by atoms with van der Waals surface area (Å²) in [6.07, 6.45) is 0.294. The fourth-order valence-electron chi connectivity index (χ4n) is 1.82. The predicted octanol–water partition coefficient (Wildman–Crippen LogP) is 1.05. The molecule has 0 aromatic carbocycles. The third kappa shape index (κ3) is 3.22. The molecule has 0 aromatic rings. The second-order valence-corrected chi connectivity index (χ2v) is 5.26. The molecular formula is C11H19NO3. The van der Waals surface area contributed by atoms with Crippen molar-refractivity contribution in [3.8, 4) is 0 Å². The fourth-order valence-corrected chi connectivity index (χ4v) is 1.82. The Morgan fingerprint density at radius 2 is 2.13 bits per heavy atom. The molecule has 0 spiro atoms. The molecule has 0 saturated carbocycles. The number of hydrogen-bond acceptors (Lipinski definition) is 3. The van der Waals surface area contributed by atoms with Crippen molar-refractivity contribution in [2.24, 2.45) is 11.3 Å². The summed E-state index contributed by atoms with van der Waals surface area (Å²) in [6, 6.07) is 0. The van der Waals surface area contributed by atoms with Crippen LogP contribution in [0.3, 0.4) is 0 Å². The maximum absolute atomic E-state index is 11.6. The van der Waals surface area contributed by atoms with Crippen LogP contribution in [0.2, 0.25) is 0 Å². The second-order valence-electron chi connectivity index (χ2n) is 5.26. The van der Waals surface area contributed by atoms with Crippen molar-refractivity contribution in [1.29, 1.82) is 0 Å². The number of likely N-dealkylation sites (tertiary alicyclic amines) is 1. The Morgan fingerprint density at radius 3 is 2.60 bits per heavy atom. The van der Waals surface area contributed by atoms with Crippen LogP contribution in [0.25, 0.3) is 0 Å². The maximum atomic E-state index is 11.6. The van der Waals surface area contributed by atoms with Crippen LogP contribution in [0.15, 0.2) is 0 Å². The molecule has 4 heteroatoms. The van der Waals surface area contributed by atoms with Gasteiger partial charge in [0.1, 0.15) is 0 Å². The molecule has 0 N–H and O–H groups in total. The lowest BCUT2D eigenvalue weighted by Crippen LogP contribution is -2.34. The Hall–Kier alpha value is -1.06. The number of esters is 1. The Balaban J connectivity index is 2.57. The molecule has 0 aromatic heterocycles. The third-order valence-corrected chi connectivity index (χ3v) is 2.41. The van der Waals surface area contributed by atoms with Crippen molar-refractivity contribution >= 4 is 11.9 Å². The molecule has 86 valence electrons. The number of nitrogens with zero attached hydrogens (tertiary/aromatic N) is 1. The van der Waals surface area contributed by atoms with Crippen LogP contribution in [0, 0.1) is 11.3 Å². The Bertz CT molecular complexity index is 267. The molecule has 1 fully saturated rings. The summed E-state index contributed by atoms with van der Waals surface area (Å²) in [7, 11) is 1.36. The minimum Gasteiger partial charge on any atom is -0.469 e. The van der Waals surface area contributed by atoms with Crippen LogP contribution in [0.4, 0.5) is 0 Å². The molecule has 0 bridgehead atoms. The first-order valence-electron chi connectivity index (χ1n) is 5.19. The summed E-state index contributed by atoms with van der Waals surface area (Å²) < 4.78 is 4.64. The van der Waals surface area contributed by atoms with Gasteiger partial charge >= 0.3 is 5.97 Å². The van der Waals surface area contributed by atoms with E-state index < -0.39 is 0 Å². The average molecular weight is 213 g/mol. The normalized spacial score (nSPS) is 22.0. The predicted molar refractivity (Wildman–Crippen MR) is 56.2 cm³/mol. The lowest BCUT2D eigenvalue weighted by atomic mass is 9.96. The second kappa shape index (κ2) is 4.21. The fraction of sp³-hybridized carbons (Fsp3) is 0.818. The number of methoxy groups -OCH3 is 1. The van der Waals surface area contributed by atoms with Crippen molar-refractivity contribution in [3.63, 3.8) is 0 Å². The smallest absolute Gasteiger partial charge is 0.310 e. The lowest BCUT2D eigenvalue weighted by molar-refractivity contribution is -0.145. The monoisotopic (exact) mass is 213 g/mol. The van der Waals surface area contributed by atoms with Crippen LogP contribution < -0.4 is 0 Å².